The third-order valence-electron chi connectivity index (χ3n) is 3.49. The molecule has 3 rings (SSSR count). The molecule has 4 nitrogen and oxygen atoms in total. The third-order valence-corrected chi connectivity index (χ3v) is 3.49. The summed E-state index contributed by atoms with van der Waals surface area (Å²) in [4.78, 5) is 20.2. The van der Waals surface area contributed by atoms with Gasteiger partial charge in [0.15, 0.2) is 5.69 Å². The molecule has 1 heterocycles. The zero-order valence-corrected chi connectivity index (χ0v) is 11.8. The number of rotatable bonds is 2. The van der Waals surface area contributed by atoms with Crippen LogP contribution in [0.15, 0.2) is 48.5 Å². The zero-order valence-electron chi connectivity index (χ0n) is 11.8. The summed E-state index contributed by atoms with van der Waals surface area (Å²) in [6.07, 6.45) is 0. The van der Waals surface area contributed by atoms with Gasteiger partial charge in [0.2, 0.25) is 0 Å². The minimum absolute atomic E-state index is 0.229. The van der Waals surface area contributed by atoms with E-state index in [1.54, 1.807) is 43.4 Å². The molecule has 5 heteroatoms. The number of hydrogen-bond acceptors (Lipinski definition) is 1. The second kappa shape index (κ2) is 5.34. The Morgan fingerprint density at radius 2 is 1.91 bits per heavy atom. The lowest BCUT2D eigenvalue weighted by Crippen LogP contribution is -2.26. The Labute approximate surface area is 126 Å². The lowest BCUT2D eigenvalue weighted by Gasteiger charge is -2.16. The molecular formula is C17H12FN3O. The van der Waals surface area contributed by atoms with E-state index in [-0.39, 0.29) is 11.7 Å². The predicted molar refractivity (Wildman–Crippen MR) is 83.7 cm³/mol. The molecule has 0 radical (unpaired) electrons. The Balaban J connectivity index is 1.92. The number of fused-ring (bicyclic) bond motifs is 1. The second-order valence-electron chi connectivity index (χ2n) is 4.91. The maximum atomic E-state index is 13.2. The monoisotopic (exact) mass is 293 g/mol. The first kappa shape index (κ1) is 13.8. The van der Waals surface area contributed by atoms with Crippen molar-refractivity contribution in [2.75, 3.05) is 11.9 Å². The van der Waals surface area contributed by atoms with Gasteiger partial charge in [-0.3, -0.25) is 4.79 Å². The van der Waals surface area contributed by atoms with Gasteiger partial charge in [-0.25, -0.2) is 9.24 Å². The van der Waals surface area contributed by atoms with Crippen LogP contribution in [-0.2, 0) is 0 Å². The number of nitrogens with one attached hydrogen (secondary N) is 1. The van der Waals surface area contributed by atoms with Crippen molar-refractivity contribution >= 4 is 28.2 Å². The predicted octanol–water partition coefficient (Wildman–Crippen LogP) is 4.13. The van der Waals surface area contributed by atoms with Crippen LogP contribution in [0.25, 0.3) is 15.7 Å². The number of hydrogen-bond donors (Lipinski definition) is 1. The van der Waals surface area contributed by atoms with E-state index in [9.17, 15) is 9.18 Å². The maximum Gasteiger partial charge on any atom is 0.274 e. The van der Waals surface area contributed by atoms with Gasteiger partial charge in [0.05, 0.1) is 6.57 Å². The molecule has 1 amide bonds. The van der Waals surface area contributed by atoms with E-state index in [0.29, 0.717) is 22.6 Å². The first-order valence-corrected chi connectivity index (χ1v) is 6.62. The van der Waals surface area contributed by atoms with Crippen LogP contribution in [0.4, 0.5) is 15.8 Å². The van der Waals surface area contributed by atoms with E-state index in [0.717, 1.165) is 5.39 Å². The first-order valence-electron chi connectivity index (χ1n) is 6.62. The summed E-state index contributed by atoms with van der Waals surface area (Å²) in [7, 11) is 1.65. The fourth-order valence-electron chi connectivity index (χ4n) is 2.26. The molecule has 0 saturated heterocycles. The van der Waals surface area contributed by atoms with Crippen LogP contribution in [0.3, 0.4) is 0 Å². The molecule has 0 spiro atoms. The van der Waals surface area contributed by atoms with Crippen molar-refractivity contribution in [2.45, 2.75) is 0 Å². The summed E-state index contributed by atoms with van der Waals surface area (Å²) in [5, 5.41) is 0.779. The van der Waals surface area contributed by atoms with Crippen molar-refractivity contribution in [1.29, 1.82) is 0 Å². The van der Waals surface area contributed by atoms with Crippen LogP contribution in [0.5, 0.6) is 0 Å². The van der Waals surface area contributed by atoms with Crippen molar-refractivity contribution < 1.29 is 9.18 Å². The molecule has 1 aromatic heterocycles. The van der Waals surface area contributed by atoms with E-state index in [1.807, 2.05) is 0 Å². The molecule has 3 aromatic rings. The van der Waals surface area contributed by atoms with Gasteiger partial charge in [-0.2, -0.15) is 0 Å². The van der Waals surface area contributed by atoms with Gasteiger partial charge in [0.25, 0.3) is 5.91 Å². The molecule has 0 bridgehead atoms. The highest BCUT2D eigenvalue weighted by Crippen LogP contribution is 2.22. The maximum absolute atomic E-state index is 13.2. The highest BCUT2D eigenvalue weighted by atomic mass is 19.1. The van der Waals surface area contributed by atoms with Crippen molar-refractivity contribution in [3.8, 4) is 0 Å². The van der Waals surface area contributed by atoms with E-state index in [4.69, 9.17) is 6.57 Å². The van der Waals surface area contributed by atoms with Crippen molar-refractivity contribution in [2.24, 2.45) is 0 Å². The van der Waals surface area contributed by atoms with Gasteiger partial charge >= 0.3 is 0 Å². The number of aromatic nitrogens is 1. The average Bonchev–Trinajstić information content (AvgIpc) is 2.96. The molecule has 2 aromatic carbocycles. The zero-order chi connectivity index (χ0) is 15.7. The SMILES string of the molecule is [C-]#[N+]c1ccc(N(C)C(=O)c2cc3ccc(F)cc3[nH]2)cc1. The number of carbonyl (C=O) groups excluding carboxylic acids is 1. The minimum Gasteiger partial charge on any atom is -0.350 e. The molecular weight excluding hydrogens is 281 g/mol. The standard InChI is InChI=1S/C17H12FN3O/c1-19-13-5-7-14(8-6-13)21(2)17(22)16-9-11-3-4-12(18)10-15(11)20-16/h3-10,20H,2H3. The van der Waals surface area contributed by atoms with Crippen LogP contribution in [0.1, 0.15) is 10.5 Å². The van der Waals surface area contributed by atoms with Gasteiger partial charge in [0, 0.05) is 23.6 Å². The summed E-state index contributed by atoms with van der Waals surface area (Å²) in [5.41, 5.74) is 2.17. The largest absolute Gasteiger partial charge is 0.350 e. The van der Waals surface area contributed by atoms with Crippen LogP contribution in [0, 0.1) is 12.4 Å². The Hall–Kier alpha value is -3.13. The number of halogens is 1. The fraction of sp³-hybridized carbons (Fsp3) is 0.0588. The highest BCUT2D eigenvalue weighted by Gasteiger charge is 2.16. The van der Waals surface area contributed by atoms with Gasteiger partial charge < -0.3 is 9.88 Å². The number of anilines is 1. The van der Waals surface area contributed by atoms with Gasteiger partial charge in [-0.05, 0) is 36.4 Å². The van der Waals surface area contributed by atoms with Crippen molar-refractivity contribution in [3.05, 3.63) is 71.5 Å². The molecule has 1 N–H and O–H groups in total. The number of aromatic amines is 1. The Bertz CT molecular complexity index is 890. The Morgan fingerprint density at radius 3 is 2.59 bits per heavy atom. The average molecular weight is 293 g/mol. The normalized spacial score (nSPS) is 10.4. The smallest absolute Gasteiger partial charge is 0.274 e. The molecule has 0 aliphatic carbocycles. The summed E-state index contributed by atoms with van der Waals surface area (Å²) >= 11 is 0. The van der Waals surface area contributed by atoms with Crippen molar-refractivity contribution in [3.63, 3.8) is 0 Å². The molecule has 0 saturated carbocycles. The molecule has 0 atom stereocenters. The van der Waals surface area contributed by atoms with Crippen LogP contribution in [0.2, 0.25) is 0 Å². The van der Waals surface area contributed by atoms with Crippen molar-refractivity contribution in [1.82, 2.24) is 4.98 Å². The molecule has 22 heavy (non-hydrogen) atoms. The van der Waals surface area contributed by atoms with Gasteiger partial charge in [-0.15, -0.1) is 0 Å². The van der Waals surface area contributed by atoms with Gasteiger partial charge in [0.1, 0.15) is 11.5 Å². The molecule has 0 aliphatic rings. The molecule has 108 valence electrons. The van der Waals surface area contributed by atoms with E-state index in [2.05, 4.69) is 9.83 Å². The summed E-state index contributed by atoms with van der Waals surface area (Å²) in [6.45, 7) is 6.93. The first-order chi connectivity index (χ1) is 10.6. The highest BCUT2D eigenvalue weighted by molar-refractivity contribution is 6.07. The number of nitrogens with zero attached hydrogens (tertiary/aromatic N) is 2. The van der Waals surface area contributed by atoms with Crippen LogP contribution in [-0.4, -0.2) is 17.9 Å². The summed E-state index contributed by atoms with van der Waals surface area (Å²) in [6, 6.07) is 12.8. The number of amides is 1. The molecule has 0 unspecified atom stereocenters. The Morgan fingerprint density at radius 1 is 1.18 bits per heavy atom. The van der Waals surface area contributed by atoms with Crippen LogP contribution < -0.4 is 4.90 Å². The number of H-pyrrole nitrogens is 1. The lowest BCUT2D eigenvalue weighted by atomic mass is 10.2. The Kier molecular flexibility index (Phi) is 3.36. The number of carbonyl (C=O) groups is 1. The third kappa shape index (κ3) is 2.42. The summed E-state index contributed by atoms with van der Waals surface area (Å²) < 4.78 is 13.2. The fourth-order valence-corrected chi connectivity index (χ4v) is 2.26. The van der Waals surface area contributed by atoms with Gasteiger partial charge in [-0.1, -0.05) is 12.1 Å². The summed E-state index contributed by atoms with van der Waals surface area (Å²) in [5.74, 6) is -0.580. The minimum atomic E-state index is -0.351. The van der Waals surface area contributed by atoms with E-state index >= 15 is 0 Å². The number of benzene rings is 2. The van der Waals surface area contributed by atoms with E-state index in [1.165, 1.54) is 17.0 Å². The van der Waals surface area contributed by atoms with E-state index < -0.39 is 0 Å². The molecule has 0 aliphatic heterocycles. The molecule has 0 fully saturated rings. The quantitative estimate of drug-likeness (QED) is 0.709. The lowest BCUT2D eigenvalue weighted by molar-refractivity contribution is 0.0989. The van der Waals surface area contributed by atoms with Crippen LogP contribution >= 0.6 is 0 Å². The topological polar surface area (TPSA) is 40.5 Å². The second-order valence-corrected chi connectivity index (χ2v) is 4.91.